The number of esters is 2. The molecular weight excluding hydrogens is 392 g/mol. The first-order valence-corrected chi connectivity index (χ1v) is 12.5. The Hall–Kier alpha value is -1.39. The largest absolute Gasteiger partial charge is 0.462 e. The molecule has 0 N–H and O–H groups in total. The number of hydrogen-bond acceptors (Lipinski definition) is 5. The molecule has 0 aromatic rings. The zero-order chi connectivity index (χ0) is 22.2. The molecule has 1 saturated heterocycles. The Labute approximate surface area is 186 Å². The van der Waals surface area contributed by atoms with E-state index in [9.17, 15) is 14.4 Å². The number of ether oxygens (including phenoxy) is 2. The number of carbonyl (C=O) groups excluding carboxylic acids is 3. The topological polar surface area (TPSA) is 69.7 Å². The summed E-state index contributed by atoms with van der Waals surface area (Å²) in [6, 6.07) is 0. The standard InChI is InChI=1S/C26H38O5/c1-15(27)30-20-14-16-13-17(28)7-10-24(16,2)19-8-11-25(3)18(23(19)20)5-6-21(25)26(4)12-9-22(29)31-26/h16,18-21,23H,5-14H2,1-4H3/t16-,18-,19-,20+,21-,23-,24-,25-,26-/m0/s1. The van der Waals surface area contributed by atoms with Crippen LogP contribution in [0.1, 0.15) is 91.9 Å². The van der Waals surface area contributed by atoms with Gasteiger partial charge in [0.05, 0.1) is 0 Å². The summed E-state index contributed by atoms with van der Waals surface area (Å²) in [6.45, 7) is 8.51. The van der Waals surface area contributed by atoms with E-state index >= 15 is 0 Å². The van der Waals surface area contributed by atoms with E-state index in [1.165, 1.54) is 6.92 Å². The summed E-state index contributed by atoms with van der Waals surface area (Å²) < 4.78 is 11.9. The molecule has 5 heteroatoms. The van der Waals surface area contributed by atoms with Gasteiger partial charge in [0.1, 0.15) is 17.5 Å². The maximum Gasteiger partial charge on any atom is 0.306 e. The van der Waals surface area contributed by atoms with Crippen LogP contribution >= 0.6 is 0 Å². The van der Waals surface area contributed by atoms with Crippen molar-refractivity contribution >= 4 is 17.7 Å². The van der Waals surface area contributed by atoms with Crippen LogP contribution < -0.4 is 0 Å². The molecule has 5 rings (SSSR count). The van der Waals surface area contributed by atoms with Crippen LogP contribution in [0.25, 0.3) is 0 Å². The van der Waals surface area contributed by atoms with Gasteiger partial charge in [-0.1, -0.05) is 13.8 Å². The van der Waals surface area contributed by atoms with Crippen LogP contribution in [0, 0.1) is 40.4 Å². The van der Waals surface area contributed by atoms with Crippen LogP contribution in [-0.4, -0.2) is 29.4 Å². The van der Waals surface area contributed by atoms with E-state index in [2.05, 4.69) is 20.8 Å². The summed E-state index contributed by atoms with van der Waals surface area (Å²) in [5.41, 5.74) is -0.0896. The average molecular weight is 431 g/mol. The van der Waals surface area contributed by atoms with Crippen LogP contribution in [0.4, 0.5) is 0 Å². The van der Waals surface area contributed by atoms with Gasteiger partial charge in [-0.25, -0.2) is 0 Å². The van der Waals surface area contributed by atoms with Gasteiger partial charge in [0.15, 0.2) is 0 Å². The Morgan fingerprint density at radius 1 is 0.968 bits per heavy atom. The predicted octanol–water partition coefficient (Wildman–Crippen LogP) is 4.85. The van der Waals surface area contributed by atoms with E-state index in [4.69, 9.17) is 9.47 Å². The van der Waals surface area contributed by atoms with Crippen molar-refractivity contribution in [1.82, 2.24) is 0 Å². The summed E-state index contributed by atoms with van der Waals surface area (Å²) in [5.74, 6) is 2.14. The van der Waals surface area contributed by atoms with Crippen LogP contribution in [-0.2, 0) is 23.9 Å². The molecule has 31 heavy (non-hydrogen) atoms. The molecule has 1 heterocycles. The second-order valence-corrected chi connectivity index (χ2v) is 12.1. The van der Waals surface area contributed by atoms with Crippen molar-refractivity contribution in [3.63, 3.8) is 0 Å². The van der Waals surface area contributed by atoms with Crippen LogP contribution in [0.5, 0.6) is 0 Å². The molecule has 172 valence electrons. The fourth-order valence-electron chi connectivity index (χ4n) is 9.28. The van der Waals surface area contributed by atoms with Gasteiger partial charge in [-0.15, -0.1) is 0 Å². The van der Waals surface area contributed by atoms with Crippen molar-refractivity contribution in [2.24, 2.45) is 40.4 Å². The van der Waals surface area contributed by atoms with Crippen LogP contribution in [0.3, 0.4) is 0 Å². The monoisotopic (exact) mass is 430 g/mol. The van der Waals surface area contributed by atoms with Crippen LogP contribution in [0.15, 0.2) is 0 Å². The lowest BCUT2D eigenvalue weighted by Gasteiger charge is -2.62. The smallest absolute Gasteiger partial charge is 0.306 e. The lowest BCUT2D eigenvalue weighted by molar-refractivity contribution is -0.195. The normalized spacial score (nSPS) is 51.5. The number of carbonyl (C=O) groups is 3. The Morgan fingerprint density at radius 3 is 2.39 bits per heavy atom. The molecule has 5 aliphatic rings. The Bertz CT molecular complexity index is 806. The third-order valence-corrected chi connectivity index (χ3v) is 10.7. The Morgan fingerprint density at radius 2 is 1.71 bits per heavy atom. The fourth-order valence-corrected chi connectivity index (χ4v) is 9.28. The van der Waals surface area contributed by atoms with E-state index in [0.29, 0.717) is 54.6 Å². The Balaban J connectivity index is 1.49. The summed E-state index contributed by atoms with van der Waals surface area (Å²) in [4.78, 5) is 36.4. The predicted molar refractivity (Wildman–Crippen MR) is 115 cm³/mol. The lowest BCUT2D eigenvalue weighted by Crippen LogP contribution is -2.59. The zero-order valence-corrected chi connectivity index (χ0v) is 19.6. The van der Waals surface area contributed by atoms with Gasteiger partial charge in [0.2, 0.25) is 0 Å². The van der Waals surface area contributed by atoms with Gasteiger partial charge in [-0.3, -0.25) is 14.4 Å². The molecule has 5 fully saturated rings. The first kappa shape index (κ1) is 21.5. The van der Waals surface area contributed by atoms with Crippen molar-refractivity contribution in [2.45, 2.75) is 104 Å². The first-order valence-electron chi connectivity index (χ1n) is 12.5. The van der Waals surface area contributed by atoms with Crippen molar-refractivity contribution < 1.29 is 23.9 Å². The first-order chi connectivity index (χ1) is 14.6. The van der Waals surface area contributed by atoms with Gasteiger partial charge >= 0.3 is 11.9 Å². The second kappa shape index (κ2) is 7.05. The highest BCUT2D eigenvalue weighted by Gasteiger charge is 2.66. The third kappa shape index (κ3) is 3.12. The molecule has 0 aromatic heterocycles. The van der Waals surface area contributed by atoms with Gasteiger partial charge in [-0.05, 0) is 80.5 Å². The molecule has 0 spiro atoms. The van der Waals surface area contributed by atoms with Gasteiger partial charge in [0.25, 0.3) is 0 Å². The molecule has 1 aliphatic heterocycles. The maximum absolute atomic E-state index is 12.3. The number of hydrogen-bond donors (Lipinski definition) is 0. The molecule has 0 amide bonds. The fraction of sp³-hybridized carbons (Fsp3) is 0.885. The van der Waals surface area contributed by atoms with Crippen molar-refractivity contribution in [3.8, 4) is 0 Å². The summed E-state index contributed by atoms with van der Waals surface area (Å²) >= 11 is 0. The molecule has 0 aromatic carbocycles. The molecule has 5 nitrogen and oxygen atoms in total. The molecule has 0 unspecified atom stereocenters. The number of cyclic esters (lactones) is 1. The zero-order valence-electron chi connectivity index (χ0n) is 19.6. The van der Waals surface area contributed by atoms with Crippen molar-refractivity contribution in [1.29, 1.82) is 0 Å². The molecule has 0 radical (unpaired) electrons. The Kier molecular flexibility index (Phi) is 4.88. The van der Waals surface area contributed by atoms with Gasteiger partial charge in [0, 0.05) is 38.0 Å². The number of fused-ring (bicyclic) bond motifs is 5. The van der Waals surface area contributed by atoms with E-state index in [-0.39, 0.29) is 34.5 Å². The summed E-state index contributed by atoms with van der Waals surface area (Å²) in [7, 11) is 0. The maximum atomic E-state index is 12.3. The molecule has 9 atom stereocenters. The van der Waals surface area contributed by atoms with Gasteiger partial charge in [-0.2, -0.15) is 0 Å². The minimum Gasteiger partial charge on any atom is -0.462 e. The van der Waals surface area contributed by atoms with E-state index in [1.807, 2.05) is 0 Å². The van der Waals surface area contributed by atoms with E-state index < -0.39 is 0 Å². The van der Waals surface area contributed by atoms with E-state index in [0.717, 1.165) is 44.9 Å². The molecular formula is C26H38O5. The SMILES string of the molecule is CC(=O)O[C@@H]1C[C@@H]2CC(=O)CC[C@]2(C)[C@H]2CC[C@@]3(C)[C@@H](CC[C@@H]3[C@]3(C)CCC(=O)O3)[C@H]12. The highest BCUT2D eigenvalue weighted by molar-refractivity contribution is 5.79. The summed E-state index contributed by atoms with van der Waals surface area (Å²) in [6.07, 6.45) is 8.88. The van der Waals surface area contributed by atoms with Crippen molar-refractivity contribution in [3.05, 3.63) is 0 Å². The number of Topliss-reactive ketones (excluding diaryl/α,β-unsaturated/α-hetero) is 1. The quantitative estimate of drug-likeness (QED) is 0.586. The van der Waals surface area contributed by atoms with E-state index in [1.54, 1.807) is 0 Å². The number of ketones is 1. The van der Waals surface area contributed by atoms with Crippen LogP contribution in [0.2, 0.25) is 0 Å². The molecule has 4 aliphatic carbocycles. The second-order valence-electron chi connectivity index (χ2n) is 12.1. The average Bonchev–Trinajstić information content (AvgIpc) is 3.22. The van der Waals surface area contributed by atoms with Crippen molar-refractivity contribution in [2.75, 3.05) is 0 Å². The van der Waals surface area contributed by atoms with Gasteiger partial charge < -0.3 is 9.47 Å². The highest BCUT2D eigenvalue weighted by atomic mass is 16.6. The third-order valence-electron chi connectivity index (χ3n) is 10.7. The lowest BCUT2D eigenvalue weighted by atomic mass is 9.43. The molecule has 4 saturated carbocycles. The molecule has 0 bridgehead atoms. The number of rotatable bonds is 2. The summed E-state index contributed by atoms with van der Waals surface area (Å²) in [5, 5.41) is 0. The highest BCUT2D eigenvalue weighted by Crippen LogP contribution is 2.69. The minimum absolute atomic E-state index is 0.0547. The minimum atomic E-state index is -0.358.